The number of amides is 1. The Kier molecular flexibility index (Phi) is 9.60. The first-order chi connectivity index (χ1) is 21.6. The van der Waals surface area contributed by atoms with E-state index in [0.29, 0.717) is 30.6 Å². The van der Waals surface area contributed by atoms with Gasteiger partial charge in [-0.25, -0.2) is 4.79 Å². The minimum atomic E-state index is -0.808. The zero-order valence-electron chi connectivity index (χ0n) is 25.2. The maximum absolute atomic E-state index is 12.8. The highest BCUT2D eigenvalue weighted by Crippen LogP contribution is 2.29. The van der Waals surface area contributed by atoms with Crippen LogP contribution >= 0.6 is 0 Å². The molecule has 3 aliphatic rings. The van der Waals surface area contributed by atoms with Gasteiger partial charge in [0.05, 0.1) is 0 Å². The van der Waals surface area contributed by atoms with Crippen LogP contribution in [0.2, 0.25) is 0 Å². The molecule has 0 unspecified atom stereocenters. The number of anilines is 2. The fourth-order valence-corrected chi connectivity index (χ4v) is 6.45. The minimum Gasteiger partial charge on any atom is -0.480 e. The van der Waals surface area contributed by atoms with E-state index in [2.05, 4.69) is 20.2 Å². The highest BCUT2D eigenvalue weighted by molar-refractivity contribution is 5.85. The first kappa shape index (κ1) is 29.9. The van der Waals surface area contributed by atoms with Crippen LogP contribution in [0.1, 0.15) is 57.8 Å². The number of rotatable bonds is 7. The third kappa shape index (κ3) is 6.99. The van der Waals surface area contributed by atoms with Crippen molar-refractivity contribution in [3.8, 4) is 0 Å². The van der Waals surface area contributed by atoms with E-state index >= 15 is 0 Å². The lowest BCUT2D eigenvalue weighted by Gasteiger charge is -2.33. The molecule has 2 aromatic heterocycles. The van der Waals surface area contributed by atoms with Crippen molar-refractivity contribution in [2.75, 3.05) is 49.1 Å². The van der Waals surface area contributed by atoms with Crippen molar-refractivity contribution in [3.63, 3.8) is 0 Å². The molecule has 3 aliphatic heterocycles. The van der Waals surface area contributed by atoms with E-state index in [9.17, 15) is 14.7 Å². The van der Waals surface area contributed by atoms with Crippen molar-refractivity contribution in [1.29, 1.82) is 0 Å². The first-order valence-electron chi connectivity index (χ1n) is 16.0. The average Bonchev–Trinajstić information content (AvgIpc) is 3.70. The van der Waals surface area contributed by atoms with E-state index in [1.54, 1.807) is 4.90 Å². The van der Waals surface area contributed by atoms with Crippen molar-refractivity contribution in [3.05, 3.63) is 48.5 Å². The smallest absolute Gasteiger partial charge is 0.326 e. The van der Waals surface area contributed by atoms with E-state index in [-0.39, 0.29) is 11.9 Å². The second-order valence-corrected chi connectivity index (χ2v) is 11.9. The van der Waals surface area contributed by atoms with E-state index < -0.39 is 12.0 Å². The largest absolute Gasteiger partial charge is 0.480 e. The molecule has 0 saturated carbocycles. The average molecular weight is 603 g/mol. The highest BCUT2D eigenvalue weighted by Gasteiger charge is 2.33. The summed E-state index contributed by atoms with van der Waals surface area (Å²) in [6, 6.07) is 15.5. The molecule has 2 N–H and O–H groups in total. The summed E-state index contributed by atoms with van der Waals surface area (Å²) in [7, 11) is 0. The molecular formula is C33H42N6O5. The number of fused-ring (bicyclic) bond motifs is 2. The Morgan fingerprint density at radius 2 is 1.25 bits per heavy atom. The number of nitrogens with zero attached hydrogens (tertiary/aromatic N) is 5. The maximum Gasteiger partial charge on any atom is 0.326 e. The second kappa shape index (κ2) is 14.1. The number of aliphatic carboxylic acids is 1. The SMILES string of the molecule is O=C(NCCN1CCCCC1)[C@@H]1CCCCN1c1nc2ccccc2o1.O=C(O)[C@@H]1CCCCN1c1nc2ccccc2o1. The predicted molar refractivity (Wildman–Crippen MR) is 169 cm³/mol. The van der Waals surface area contributed by atoms with Crippen LogP contribution in [0, 0.1) is 0 Å². The standard InChI is InChI=1S/C20H28N4O2.C13H14N2O3/c25-19(21-11-15-23-12-5-1-6-13-23)17-9-4-7-14-24(17)20-22-16-8-2-3-10-18(16)26-20;16-12(17)10-6-3-4-8-15(10)13-14-9-5-1-2-7-11(9)18-13/h2-3,8,10,17H,1,4-7,9,11-15H2,(H,21,25);1-2,5,7,10H,3-4,6,8H2,(H,16,17)/t17-;10-/m00/s1. The summed E-state index contributed by atoms with van der Waals surface area (Å²) in [4.78, 5) is 39.2. The number of aromatic nitrogens is 2. The van der Waals surface area contributed by atoms with Gasteiger partial charge >= 0.3 is 5.97 Å². The van der Waals surface area contributed by atoms with Gasteiger partial charge in [0.2, 0.25) is 5.91 Å². The second-order valence-electron chi connectivity index (χ2n) is 11.9. The molecule has 3 fully saturated rings. The lowest BCUT2D eigenvalue weighted by molar-refractivity contribution is -0.139. The lowest BCUT2D eigenvalue weighted by Crippen LogP contribution is -2.51. The Hall–Kier alpha value is -4.12. The third-order valence-corrected chi connectivity index (χ3v) is 8.83. The number of carbonyl (C=O) groups excluding carboxylic acids is 1. The van der Waals surface area contributed by atoms with Gasteiger partial charge in [-0.3, -0.25) is 4.79 Å². The monoisotopic (exact) mass is 602 g/mol. The number of carbonyl (C=O) groups is 2. The number of carboxylic acids is 1. The van der Waals surface area contributed by atoms with Crippen LogP contribution in [0.25, 0.3) is 22.2 Å². The highest BCUT2D eigenvalue weighted by atomic mass is 16.4. The number of piperidine rings is 3. The fourth-order valence-electron chi connectivity index (χ4n) is 6.45. The molecule has 0 radical (unpaired) electrons. The van der Waals surface area contributed by atoms with Crippen molar-refractivity contribution in [2.45, 2.75) is 69.9 Å². The molecule has 0 aliphatic carbocycles. The topological polar surface area (TPSA) is 128 Å². The summed E-state index contributed by atoms with van der Waals surface area (Å²) in [5.74, 6) is -0.707. The Morgan fingerprint density at radius 1 is 0.727 bits per heavy atom. The number of benzene rings is 2. The Morgan fingerprint density at radius 3 is 1.82 bits per heavy atom. The van der Waals surface area contributed by atoms with Crippen LogP contribution in [0.15, 0.2) is 57.4 Å². The van der Waals surface area contributed by atoms with E-state index in [0.717, 1.165) is 81.4 Å². The summed E-state index contributed by atoms with van der Waals surface area (Å²) in [6.07, 6.45) is 9.45. The summed E-state index contributed by atoms with van der Waals surface area (Å²) < 4.78 is 11.6. The Labute approximate surface area is 257 Å². The summed E-state index contributed by atoms with van der Waals surface area (Å²) >= 11 is 0. The maximum atomic E-state index is 12.8. The van der Waals surface area contributed by atoms with Crippen molar-refractivity contribution in [1.82, 2.24) is 20.2 Å². The molecule has 7 rings (SSSR count). The van der Waals surface area contributed by atoms with Crippen LogP contribution in [-0.2, 0) is 9.59 Å². The van der Waals surface area contributed by atoms with Crippen LogP contribution in [0.4, 0.5) is 12.0 Å². The molecule has 4 aromatic rings. The number of hydrogen-bond donors (Lipinski definition) is 2. The van der Waals surface area contributed by atoms with Gasteiger partial charge in [-0.15, -0.1) is 0 Å². The lowest BCUT2D eigenvalue weighted by atomic mass is 10.0. The zero-order chi connectivity index (χ0) is 30.3. The van der Waals surface area contributed by atoms with Gasteiger partial charge in [-0.05, 0) is 88.7 Å². The Balaban J connectivity index is 0.000000167. The number of para-hydroxylation sites is 4. The van der Waals surface area contributed by atoms with E-state index in [1.165, 1.54) is 19.3 Å². The molecule has 0 bridgehead atoms. The molecule has 0 spiro atoms. The fraction of sp³-hybridized carbons (Fsp3) is 0.515. The van der Waals surface area contributed by atoms with Gasteiger partial charge in [-0.1, -0.05) is 30.7 Å². The molecule has 11 nitrogen and oxygen atoms in total. The molecule has 44 heavy (non-hydrogen) atoms. The Bertz CT molecular complexity index is 1480. The van der Waals surface area contributed by atoms with Crippen molar-refractivity contribution < 1.29 is 23.5 Å². The number of oxazole rings is 2. The minimum absolute atomic E-state index is 0.101. The zero-order valence-corrected chi connectivity index (χ0v) is 25.2. The summed E-state index contributed by atoms with van der Waals surface area (Å²) in [5, 5.41) is 12.4. The molecule has 1 amide bonds. The third-order valence-electron chi connectivity index (χ3n) is 8.83. The number of nitrogens with one attached hydrogen (secondary N) is 1. The van der Waals surface area contributed by atoms with Gasteiger partial charge in [-0.2, -0.15) is 9.97 Å². The number of carboxylic acid groups (broad SMARTS) is 1. The molecule has 2 aromatic carbocycles. The molecule has 2 atom stereocenters. The number of hydrogen-bond acceptors (Lipinski definition) is 9. The predicted octanol–water partition coefficient (Wildman–Crippen LogP) is 5.06. The summed E-state index contributed by atoms with van der Waals surface area (Å²) in [5.41, 5.74) is 3.08. The number of likely N-dealkylation sites (tertiary alicyclic amines) is 1. The van der Waals surface area contributed by atoms with Gasteiger partial charge in [0.1, 0.15) is 23.1 Å². The molecule has 11 heteroatoms. The quantitative estimate of drug-likeness (QED) is 0.296. The van der Waals surface area contributed by atoms with Gasteiger partial charge in [0.25, 0.3) is 12.0 Å². The van der Waals surface area contributed by atoms with Gasteiger partial charge in [0, 0.05) is 26.2 Å². The van der Waals surface area contributed by atoms with Gasteiger partial charge in [0.15, 0.2) is 11.2 Å². The molecule has 234 valence electrons. The van der Waals surface area contributed by atoms with Crippen molar-refractivity contribution in [2.24, 2.45) is 0 Å². The van der Waals surface area contributed by atoms with Crippen LogP contribution < -0.4 is 15.1 Å². The molecular weight excluding hydrogens is 560 g/mol. The molecule has 5 heterocycles. The van der Waals surface area contributed by atoms with Crippen LogP contribution in [0.5, 0.6) is 0 Å². The van der Waals surface area contributed by atoms with Gasteiger partial charge < -0.3 is 34.0 Å². The van der Waals surface area contributed by atoms with Crippen molar-refractivity contribution >= 4 is 46.1 Å². The van der Waals surface area contributed by atoms with E-state index in [4.69, 9.17) is 8.83 Å². The summed E-state index contributed by atoms with van der Waals surface area (Å²) in [6.45, 7) is 5.49. The van der Waals surface area contributed by atoms with Crippen LogP contribution in [-0.4, -0.2) is 83.2 Å². The van der Waals surface area contributed by atoms with E-state index in [1.807, 2.05) is 53.4 Å². The first-order valence-corrected chi connectivity index (χ1v) is 16.0. The normalized spacial score (nSPS) is 21.2. The molecule has 3 saturated heterocycles. The van der Waals surface area contributed by atoms with Crippen LogP contribution in [0.3, 0.4) is 0 Å².